The lowest BCUT2D eigenvalue weighted by Crippen LogP contribution is -2.46. The van der Waals surface area contributed by atoms with Crippen molar-refractivity contribution in [1.82, 2.24) is 9.80 Å². The van der Waals surface area contributed by atoms with E-state index in [0.29, 0.717) is 25.7 Å². The number of likely N-dealkylation sites (N-methyl/N-ethyl adjacent to an activating group) is 1. The quantitative estimate of drug-likeness (QED) is 0.578. The van der Waals surface area contributed by atoms with Crippen LogP contribution in [-0.2, 0) is 14.3 Å². The Labute approximate surface area is 122 Å². The smallest absolute Gasteiger partial charge is 0.319 e. The summed E-state index contributed by atoms with van der Waals surface area (Å²) in [6.07, 6.45) is 0.957. The molecule has 0 saturated carbocycles. The first-order valence-electron chi connectivity index (χ1n) is 7.30. The summed E-state index contributed by atoms with van der Waals surface area (Å²) in [7, 11) is 4.04. The van der Waals surface area contributed by atoms with Gasteiger partial charge in [-0.1, -0.05) is 20.8 Å². The Hall–Kier alpha value is -1.10. The predicted molar refractivity (Wildman–Crippen MR) is 78.3 cm³/mol. The maximum Gasteiger partial charge on any atom is 0.319 e. The Kier molecular flexibility index (Phi) is 5.57. The summed E-state index contributed by atoms with van der Waals surface area (Å²) in [5, 5.41) is 0. The molecule has 5 heteroatoms. The highest BCUT2D eigenvalue weighted by molar-refractivity contribution is 5.98. The molecule has 0 aromatic rings. The molecule has 5 nitrogen and oxygen atoms in total. The van der Waals surface area contributed by atoms with E-state index in [1.165, 1.54) is 0 Å². The molecular formula is C15H28N2O3. The second-order valence-corrected chi connectivity index (χ2v) is 6.74. The number of rotatable bonds is 4. The molecule has 0 radical (unpaired) electrons. The van der Waals surface area contributed by atoms with E-state index in [2.05, 4.69) is 4.90 Å². The molecule has 1 aliphatic heterocycles. The molecule has 0 bridgehead atoms. The molecule has 1 amide bonds. The summed E-state index contributed by atoms with van der Waals surface area (Å²) in [6.45, 7) is 9.20. The van der Waals surface area contributed by atoms with Crippen LogP contribution in [0.5, 0.6) is 0 Å². The molecule has 0 aromatic heterocycles. The van der Waals surface area contributed by atoms with Crippen LogP contribution in [0.2, 0.25) is 0 Å². The number of carbonyl (C=O) groups excluding carboxylic acids is 2. The van der Waals surface area contributed by atoms with Crippen molar-refractivity contribution in [3.63, 3.8) is 0 Å². The van der Waals surface area contributed by atoms with Crippen LogP contribution in [0.25, 0.3) is 0 Å². The number of amides is 1. The average molecular weight is 284 g/mol. The minimum Gasteiger partial charge on any atom is -0.465 e. The van der Waals surface area contributed by atoms with E-state index < -0.39 is 17.3 Å². The highest BCUT2D eigenvalue weighted by Gasteiger charge is 2.42. The van der Waals surface area contributed by atoms with Crippen molar-refractivity contribution in [3.8, 4) is 0 Å². The lowest BCUT2D eigenvalue weighted by atomic mass is 9.80. The fourth-order valence-corrected chi connectivity index (χ4v) is 2.60. The summed E-state index contributed by atoms with van der Waals surface area (Å²) in [4.78, 5) is 28.7. The standard InChI is InChI=1S/C15H28N2O3/c1-7-20-14(19)12(15(2,3)4)13(18)17-9-8-11(10-17)16(5)6/h11-12H,7-10H2,1-6H3. The van der Waals surface area contributed by atoms with Crippen molar-refractivity contribution in [1.29, 1.82) is 0 Å². The summed E-state index contributed by atoms with van der Waals surface area (Å²) < 4.78 is 5.09. The van der Waals surface area contributed by atoms with Crippen LogP contribution >= 0.6 is 0 Å². The maximum absolute atomic E-state index is 12.7. The van der Waals surface area contributed by atoms with Gasteiger partial charge in [0.2, 0.25) is 5.91 Å². The molecule has 1 rings (SSSR count). The van der Waals surface area contributed by atoms with Gasteiger partial charge in [-0.3, -0.25) is 9.59 Å². The number of esters is 1. The van der Waals surface area contributed by atoms with Crippen LogP contribution in [0, 0.1) is 11.3 Å². The van der Waals surface area contributed by atoms with Crippen LogP contribution in [0.15, 0.2) is 0 Å². The first kappa shape index (κ1) is 17.0. The molecule has 0 aliphatic carbocycles. The highest BCUT2D eigenvalue weighted by Crippen LogP contribution is 2.30. The van der Waals surface area contributed by atoms with Gasteiger partial charge in [-0.2, -0.15) is 0 Å². The Morgan fingerprint density at radius 3 is 2.35 bits per heavy atom. The van der Waals surface area contributed by atoms with Gasteiger partial charge in [0.25, 0.3) is 0 Å². The third kappa shape index (κ3) is 3.95. The number of carbonyl (C=O) groups is 2. The van der Waals surface area contributed by atoms with Gasteiger partial charge in [-0.25, -0.2) is 0 Å². The van der Waals surface area contributed by atoms with E-state index in [1.807, 2.05) is 34.9 Å². The maximum atomic E-state index is 12.7. The highest BCUT2D eigenvalue weighted by atomic mass is 16.5. The van der Waals surface area contributed by atoms with Gasteiger partial charge >= 0.3 is 5.97 Å². The fourth-order valence-electron chi connectivity index (χ4n) is 2.60. The van der Waals surface area contributed by atoms with Crippen molar-refractivity contribution in [2.45, 2.75) is 40.2 Å². The summed E-state index contributed by atoms with van der Waals surface area (Å²) in [6, 6.07) is 0.377. The lowest BCUT2D eigenvalue weighted by Gasteiger charge is -2.31. The van der Waals surface area contributed by atoms with E-state index in [9.17, 15) is 9.59 Å². The molecule has 0 spiro atoms. The van der Waals surface area contributed by atoms with Crippen molar-refractivity contribution in [3.05, 3.63) is 0 Å². The molecule has 1 fully saturated rings. The Bertz CT molecular complexity index is 361. The molecule has 0 aromatic carbocycles. The number of likely N-dealkylation sites (tertiary alicyclic amines) is 1. The van der Waals surface area contributed by atoms with E-state index in [4.69, 9.17) is 4.74 Å². The van der Waals surface area contributed by atoms with Gasteiger partial charge in [-0.15, -0.1) is 0 Å². The van der Waals surface area contributed by atoms with E-state index in [0.717, 1.165) is 6.42 Å². The number of hydrogen-bond acceptors (Lipinski definition) is 4. The number of ether oxygens (including phenoxy) is 1. The molecule has 1 aliphatic rings. The fraction of sp³-hybridized carbons (Fsp3) is 0.867. The zero-order valence-electron chi connectivity index (χ0n) is 13.6. The molecule has 116 valence electrons. The average Bonchev–Trinajstić information content (AvgIpc) is 2.76. The van der Waals surface area contributed by atoms with Crippen molar-refractivity contribution in [2.24, 2.45) is 11.3 Å². The zero-order valence-corrected chi connectivity index (χ0v) is 13.6. The SMILES string of the molecule is CCOC(=O)C(C(=O)N1CCC(N(C)C)C1)C(C)(C)C. The molecule has 2 atom stereocenters. The molecular weight excluding hydrogens is 256 g/mol. The zero-order chi connectivity index (χ0) is 15.5. The van der Waals surface area contributed by atoms with Crippen LogP contribution in [0.1, 0.15) is 34.1 Å². The van der Waals surface area contributed by atoms with Crippen molar-refractivity contribution in [2.75, 3.05) is 33.8 Å². The largest absolute Gasteiger partial charge is 0.465 e. The summed E-state index contributed by atoms with van der Waals surface area (Å²) in [5.74, 6) is -1.22. The molecule has 2 unspecified atom stereocenters. The molecule has 0 N–H and O–H groups in total. The molecule has 1 heterocycles. The van der Waals surface area contributed by atoms with Crippen molar-refractivity contribution >= 4 is 11.9 Å². The minimum atomic E-state index is -0.719. The van der Waals surface area contributed by atoms with E-state index in [-0.39, 0.29) is 5.91 Å². The van der Waals surface area contributed by atoms with Gasteiger partial charge in [-0.05, 0) is 32.9 Å². The molecule has 1 saturated heterocycles. The van der Waals surface area contributed by atoms with Gasteiger partial charge in [0.05, 0.1) is 6.61 Å². The van der Waals surface area contributed by atoms with E-state index in [1.54, 1.807) is 11.8 Å². The van der Waals surface area contributed by atoms with E-state index >= 15 is 0 Å². The monoisotopic (exact) mass is 284 g/mol. The molecule has 20 heavy (non-hydrogen) atoms. The Balaban J connectivity index is 2.82. The van der Waals surface area contributed by atoms with Gasteiger partial charge in [0.15, 0.2) is 0 Å². The summed E-state index contributed by atoms with van der Waals surface area (Å²) in [5.41, 5.74) is -0.431. The van der Waals surface area contributed by atoms with Gasteiger partial charge < -0.3 is 14.5 Å². The van der Waals surface area contributed by atoms with Crippen LogP contribution < -0.4 is 0 Å². The van der Waals surface area contributed by atoms with Crippen LogP contribution in [0.4, 0.5) is 0 Å². The van der Waals surface area contributed by atoms with Crippen molar-refractivity contribution < 1.29 is 14.3 Å². The topological polar surface area (TPSA) is 49.9 Å². The Morgan fingerprint density at radius 2 is 1.95 bits per heavy atom. The third-order valence-electron chi connectivity index (χ3n) is 3.84. The third-order valence-corrected chi connectivity index (χ3v) is 3.84. The minimum absolute atomic E-state index is 0.0969. The second kappa shape index (κ2) is 6.57. The Morgan fingerprint density at radius 1 is 1.35 bits per heavy atom. The van der Waals surface area contributed by atoms with Gasteiger partial charge in [0, 0.05) is 19.1 Å². The number of nitrogens with zero attached hydrogens (tertiary/aromatic N) is 2. The van der Waals surface area contributed by atoms with Crippen LogP contribution in [0.3, 0.4) is 0 Å². The second-order valence-electron chi connectivity index (χ2n) is 6.74. The first-order valence-corrected chi connectivity index (χ1v) is 7.30. The van der Waals surface area contributed by atoms with Crippen LogP contribution in [-0.4, -0.2) is 61.5 Å². The summed E-state index contributed by atoms with van der Waals surface area (Å²) >= 11 is 0. The van der Waals surface area contributed by atoms with Gasteiger partial charge in [0.1, 0.15) is 5.92 Å². The number of hydrogen-bond donors (Lipinski definition) is 0. The lowest BCUT2D eigenvalue weighted by molar-refractivity contribution is -0.160. The first-order chi connectivity index (χ1) is 9.18. The predicted octanol–water partition coefficient (Wildman–Crippen LogP) is 1.37. The normalized spacial score (nSPS) is 21.1.